The van der Waals surface area contributed by atoms with E-state index in [0.717, 1.165) is 71.0 Å². The molecule has 2 fully saturated rings. The summed E-state index contributed by atoms with van der Waals surface area (Å²) in [4.78, 5) is 23.5. The van der Waals surface area contributed by atoms with Crippen LogP contribution in [0.2, 0.25) is 0 Å². The first-order valence-corrected chi connectivity index (χ1v) is 9.74. The molecular formula is C19H33Cl2N5O2. The third-order valence-corrected chi connectivity index (χ3v) is 5.20. The molecule has 9 heteroatoms. The number of rotatable bonds is 7. The van der Waals surface area contributed by atoms with Crippen molar-refractivity contribution in [1.29, 1.82) is 0 Å². The van der Waals surface area contributed by atoms with Gasteiger partial charge in [-0.15, -0.1) is 24.8 Å². The van der Waals surface area contributed by atoms with Crippen LogP contribution in [0.25, 0.3) is 0 Å². The molecule has 3 rings (SSSR count). The fraction of sp³-hybridized carbons (Fsp3) is 0.684. The van der Waals surface area contributed by atoms with Crippen LogP contribution >= 0.6 is 24.8 Å². The average molecular weight is 434 g/mol. The third kappa shape index (κ3) is 7.37. The lowest BCUT2D eigenvalue weighted by molar-refractivity contribution is -0.135. The van der Waals surface area contributed by atoms with Crippen molar-refractivity contribution in [3.63, 3.8) is 0 Å². The molecule has 0 aliphatic carbocycles. The average Bonchev–Trinajstić information content (AvgIpc) is 2.70. The number of nitrogens with two attached hydrogens (primary N) is 1. The number of carbonyl (C=O) groups is 1. The normalized spacial score (nSPS) is 18.3. The maximum Gasteiger partial charge on any atom is 0.236 e. The SMILES string of the molecule is Cl.Cl.NCCCOC1CCN(C(=O)CN2CCN(c3ccccn3)CC2)CC1. The smallest absolute Gasteiger partial charge is 0.236 e. The Labute approximate surface area is 180 Å². The van der Waals surface area contributed by atoms with E-state index in [2.05, 4.69) is 14.8 Å². The largest absolute Gasteiger partial charge is 0.378 e. The first kappa shape index (κ1) is 24.9. The molecule has 0 spiro atoms. The van der Waals surface area contributed by atoms with E-state index in [0.29, 0.717) is 13.1 Å². The van der Waals surface area contributed by atoms with E-state index in [1.165, 1.54) is 0 Å². The second kappa shape index (κ2) is 13.2. The second-order valence-electron chi connectivity index (χ2n) is 7.04. The Bertz CT molecular complexity index is 551. The number of likely N-dealkylation sites (tertiary alicyclic amines) is 1. The predicted molar refractivity (Wildman–Crippen MR) is 117 cm³/mol. The molecule has 3 heterocycles. The summed E-state index contributed by atoms with van der Waals surface area (Å²) in [5.41, 5.74) is 5.49. The van der Waals surface area contributed by atoms with Crippen LogP contribution in [0, 0.1) is 0 Å². The lowest BCUT2D eigenvalue weighted by Gasteiger charge is -2.37. The molecule has 2 aliphatic rings. The van der Waals surface area contributed by atoms with E-state index in [4.69, 9.17) is 10.5 Å². The third-order valence-electron chi connectivity index (χ3n) is 5.20. The highest BCUT2D eigenvalue weighted by Gasteiger charge is 2.26. The Balaban J connectivity index is 0.00000196. The topological polar surface area (TPSA) is 74.9 Å². The summed E-state index contributed by atoms with van der Waals surface area (Å²) in [7, 11) is 0. The Kier molecular flexibility index (Phi) is 11.7. The van der Waals surface area contributed by atoms with E-state index in [9.17, 15) is 4.79 Å². The predicted octanol–water partition coefficient (Wildman–Crippen LogP) is 1.40. The van der Waals surface area contributed by atoms with E-state index < -0.39 is 0 Å². The van der Waals surface area contributed by atoms with Gasteiger partial charge in [-0.2, -0.15) is 0 Å². The van der Waals surface area contributed by atoms with Gasteiger partial charge in [0.05, 0.1) is 12.6 Å². The van der Waals surface area contributed by atoms with Crippen LogP contribution in [0.1, 0.15) is 19.3 Å². The van der Waals surface area contributed by atoms with Crippen molar-refractivity contribution in [3.8, 4) is 0 Å². The van der Waals surface area contributed by atoms with Crippen LogP contribution in [-0.2, 0) is 9.53 Å². The summed E-state index contributed by atoms with van der Waals surface area (Å²) in [5, 5.41) is 0. The number of hydrogen-bond acceptors (Lipinski definition) is 6. The van der Waals surface area contributed by atoms with Crippen molar-refractivity contribution in [2.45, 2.75) is 25.4 Å². The van der Waals surface area contributed by atoms with E-state index in [1.807, 2.05) is 29.3 Å². The number of hydrogen-bond donors (Lipinski definition) is 1. The van der Waals surface area contributed by atoms with Gasteiger partial charge in [0.15, 0.2) is 0 Å². The Hall–Kier alpha value is -1.12. The molecule has 0 unspecified atom stereocenters. The molecule has 0 aromatic carbocycles. The summed E-state index contributed by atoms with van der Waals surface area (Å²) in [6.07, 6.45) is 4.89. The summed E-state index contributed by atoms with van der Waals surface area (Å²) in [5.74, 6) is 1.27. The van der Waals surface area contributed by atoms with E-state index >= 15 is 0 Å². The van der Waals surface area contributed by atoms with Crippen molar-refractivity contribution >= 4 is 36.5 Å². The summed E-state index contributed by atoms with van der Waals surface area (Å²) in [6, 6.07) is 5.99. The molecule has 2 N–H and O–H groups in total. The highest BCUT2D eigenvalue weighted by atomic mass is 35.5. The number of piperidine rings is 1. The standard InChI is InChI=1S/C19H31N5O2.2ClH/c20-7-3-15-26-17-5-9-24(10-6-17)19(25)16-22-11-13-23(14-12-22)18-4-1-2-8-21-18;;/h1-2,4,8,17H,3,5-7,9-16,20H2;2*1H. The van der Waals surface area contributed by atoms with Gasteiger partial charge in [-0.25, -0.2) is 4.98 Å². The molecule has 7 nitrogen and oxygen atoms in total. The Morgan fingerprint density at radius 1 is 1.11 bits per heavy atom. The summed E-state index contributed by atoms with van der Waals surface area (Å²) < 4.78 is 5.82. The van der Waals surface area contributed by atoms with Crippen LogP contribution in [0.15, 0.2) is 24.4 Å². The van der Waals surface area contributed by atoms with Gasteiger partial charge < -0.3 is 20.3 Å². The van der Waals surface area contributed by atoms with Crippen molar-refractivity contribution in [2.75, 3.05) is 63.9 Å². The minimum atomic E-state index is 0. The zero-order valence-electron chi connectivity index (χ0n) is 16.4. The minimum Gasteiger partial charge on any atom is -0.378 e. The molecule has 0 radical (unpaired) electrons. The molecular weight excluding hydrogens is 401 g/mol. The van der Waals surface area contributed by atoms with Gasteiger partial charge in [-0.1, -0.05) is 6.07 Å². The van der Waals surface area contributed by atoms with E-state index in [1.54, 1.807) is 0 Å². The zero-order valence-corrected chi connectivity index (χ0v) is 18.0. The first-order valence-electron chi connectivity index (χ1n) is 9.74. The van der Waals surface area contributed by atoms with Crippen LogP contribution < -0.4 is 10.6 Å². The summed E-state index contributed by atoms with van der Waals surface area (Å²) in [6.45, 7) is 7.18. The highest BCUT2D eigenvalue weighted by molar-refractivity contribution is 5.85. The lowest BCUT2D eigenvalue weighted by Crippen LogP contribution is -2.51. The Morgan fingerprint density at radius 3 is 2.43 bits per heavy atom. The number of ether oxygens (including phenoxy) is 1. The van der Waals surface area contributed by atoms with Gasteiger partial charge in [0.2, 0.25) is 5.91 Å². The van der Waals surface area contributed by atoms with Crippen LogP contribution in [0.5, 0.6) is 0 Å². The minimum absolute atomic E-state index is 0. The maximum absolute atomic E-state index is 12.6. The van der Waals surface area contributed by atoms with Gasteiger partial charge in [-0.3, -0.25) is 9.69 Å². The number of aromatic nitrogens is 1. The van der Waals surface area contributed by atoms with Crippen LogP contribution in [-0.4, -0.2) is 85.8 Å². The first-order chi connectivity index (χ1) is 12.8. The Morgan fingerprint density at radius 2 is 1.82 bits per heavy atom. The molecule has 1 amide bonds. The van der Waals surface area contributed by atoms with Gasteiger partial charge in [0.25, 0.3) is 0 Å². The zero-order chi connectivity index (χ0) is 18.2. The number of anilines is 1. The number of piperazine rings is 1. The van der Waals surface area contributed by atoms with Crippen molar-refractivity contribution < 1.29 is 9.53 Å². The fourth-order valence-electron chi connectivity index (χ4n) is 3.57. The quantitative estimate of drug-likeness (QED) is 0.655. The molecule has 1 aromatic rings. The molecule has 0 atom stereocenters. The van der Waals surface area contributed by atoms with Gasteiger partial charge >= 0.3 is 0 Å². The van der Waals surface area contributed by atoms with Crippen LogP contribution in [0.4, 0.5) is 5.82 Å². The number of halogens is 2. The van der Waals surface area contributed by atoms with Crippen molar-refractivity contribution in [3.05, 3.63) is 24.4 Å². The number of pyridine rings is 1. The summed E-state index contributed by atoms with van der Waals surface area (Å²) >= 11 is 0. The van der Waals surface area contributed by atoms with Gasteiger partial charge in [0.1, 0.15) is 5.82 Å². The highest BCUT2D eigenvalue weighted by Crippen LogP contribution is 2.16. The lowest BCUT2D eigenvalue weighted by atomic mass is 10.1. The van der Waals surface area contributed by atoms with Crippen molar-refractivity contribution in [2.24, 2.45) is 5.73 Å². The number of amides is 1. The molecule has 2 saturated heterocycles. The second-order valence-corrected chi connectivity index (χ2v) is 7.04. The molecule has 28 heavy (non-hydrogen) atoms. The number of carbonyl (C=O) groups excluding carboxylic acids is 1. The van der Waals surface area contributed by atoms with Gasteiger partial charge in [-0.05, 0) is 37.9 Å². The number of nitrogens with zero attached hydrogens (tertiary/aromatic N) is 4. The molecule has 1 aromatic heterocycles. The molecule has 2 aliphatic heterocycles. The molecule has 0 bridgehead atoms. The monoisotopic (exact) mass is 433 g/mol. The fourth-order valence-corrected chi connectivity index (χ4v) is 3.57. The van der Waals surface area contributed by atoms with Crippen LogP contribution in [0.3, 0.4) is 0 Å². The molecule has 160 valence electrons. The maximum atomic E-state index is 12.6. The molecule has 0 saturated carbocycles. The van der Waals surface area contributed by atoms with Gasteiger partial charge in [0, 0.05) is 52.1 Å². The van der Waals surface area contributed by atoms with E-state index in [-0.39, 0.29) is 36.8 Å². The van der Waals surface area contributed by atoms with Crippen molar-refractivity contribution in [1.82, 2.24) is 14.8 Å².